The fourth-order valence-electron chi connectivity index (χ4n) is 3.62. The number of carboxylic acids is 1. The number of methoxy groups -OCH3 is 1. The van der Waals surface area contributed by atoms with E-state index in [1.165, 1.54) is 18.2 Å². The first-order valence-electron chi connectivity index (χ1n) is 7.15. The summed E-state index contributed by atoms with van der Waals surface area (Å²) in [6, 6.07) is 2.54. The zero-order valence-electron chi connectivity index (χ0n) is 11.9. The van der Waals surface area contributed by atoms with Crippen molar-refractivity contribution in [2.24, 2.45) is 11.8 Å². The van der Waals surface area contributed by atoms with E-state index in [2.05, 4.69) is 4.98 Å². The molecule has 1 saturated carbocycles. The Labute approximate surface area is 122 Å². The minimum absolute atomic E-state index is 0.0951. The van der Waals surface area contributed by atoms with Crippen LogP contribution in [0.3, 0.4) is 0 Å². The first-order valence-corrected chi connectivity index (χ1v) is 7.15. The average molecular weight is 290 g/mol. The van der Waals surface area contributed by atoms with Gasteiger partial charge in [0.05, 0.1) is 12.7 Å². The third-order valence-electron chi connectivity index (χ3n) is 4.60. The van der Waals surface area contributed by atoms with Crippen LogP contribution in [0.15, 0.2) is 18.3 Å². The molecule has 1 aliphatic carbocycles. The zero-order valence-corrected chi connectivity index (χ0v) is 11.9. The highest BCUT2D eigenvalue weighted by molar-refractivity contribution is 5.97. The van der Waals surface area contributed by atoms with Gasteiger partial charge in [-0.1, -0.05) is 6.42 Å². The van der Waals surface area contributed by atoms with Crippen LogP contribution < -0.4 is 4.74 Å². The Balaban J connectivity index is 1.84. The molecule has 2 aliphatic rings. The first-order chi connectivity index (χ1) is 10.1. The van der Waals surface area contributed by atoms with Gasteiger partial charge in [0.1, 0.15) is 6.04 Å². The molecule has 0 radical (unpaired) electrons. The number of fused-ring (bicyclic) bond motifs is 1. The summed E-state index contributed by atoms with van der Waals surface area (Å²) in [5.74, 6) is -0.315. The van der Waals surface area contributed by atoms with E-state index >= 15 is 0 Å². The lowest BCUT2D eigenvalue weighted by Gasteiger charge is -2.24. The molecule has 2 heterocycles. The maximum Gasteiger partial charge on any atom is 0.326 e. The lowest BCUT2D eigenvalue weighted by Crippen LogP contribution is -2.43. The molecule has 112 valence electrons. The molecule has 0 aromatic carbocycles. The maximum absolute atomic E-state index is 12.6. The minimum Gasteiger partial charge on any atom is -0.481 e. The van der Waals surface area contributed by atoms with E-state index in [1.54, 1.807) is 12.1 Å². The number of amides is 1. The SMILES string of the molecule is COc1ccc(C(=O)N2CC3CCCC3C2C(=O)O)cn1. The number of aliphatic carboxylic acids is 1. The maximum atomic E-state index is 12.6. The fourth-order valence-corrected chi connectivity index (χ4v) is 3.62. The number of pyridine rings is 1. The summed E-state index contributed by atoms with van der Waals surface area (Å²) in [7, 11) is 1.51. The average Bonchev–Trinajstić information content (AvgIpc) is 3.06. The zero-order chi connectivity index (χ0) is 15.0. The number of carbonyl (C=O) groups is 2. The first kappa shape index (κ1) is 13.9. The van der Waals surface area contributed by atoms with Crippen molar-refractivity contribution < 1.29 is 19.4 Å². The highest BCUT2D eigenvalue weighted by atomic mass is 16.5. The van der Waals surface area contributed by atoms with Gasteiger partial charge in [-0.05, 0) is 30.7 Å². The van der Waals surface area contributed by atoms with E-state index in [0.29, 0.717) is 23.9 Å². The topological polar surface area (TPSA) is 79.7 Å². The van der Waals surface area contributed by atoms with Gasteiger partial charge in [0, 0.05) is 18.8 Å². The number of carbonyl (C=O) groups excluding carboxylic acids is 1. The number of aromatic nitrogens is 1. The van der Waals surface area contributed by atoms with Crippen LogP contribution in [0, 0.1) is 11.8 Å². The van der Waals surface area contributed by atoms with E-state index < -0.39 is 12.0 Å². The van der Waals surface area contributed by atoms with E-state index in [-0.39, 0.29) is 11.8 Å². The van der Waals surface area contributed by atoms with Crippen LogP contribution in [0.2, 0.25) is 0 Å². The van der Waals surface area contributed by atoms with Gasteiger partial charge in [-0.15, -0.1) is 0 Å². The summed E-state index contributed by atoms with van der Waals surface area (Å²) >= 11 is 0. The van der Waals surface area contributed by atoms with Gasteiger partial charge < -0.3 is 14.7 Å². The monoisotopic (exact) mass is 290 g/mol. The van der Waals surface area contributed by atoms with Crippen molar-refractivity contribution >= 4 is 11.9 Å². The summed E-state index contributed by atoms with van der Waals surface area (Å²) in [4.78, 5) is 29.7. The second-order valence-corrected chi connectivity index (χ2v) is 5.68. The highest BCUT2D eigenvalue weighted by Crippen LogP contribution is 2.42. The number of likely N-dealkylation sites (tertiary alicyclic amines) is 1. The van der Waals surface area contributed by atoms with Crippen LogP contribution in [-0.2, 0) is 4.79 Å². The molecule has 1 amide bonds. The number of ether oxygens (including phenoxy) is 1. The Hall–Kier alpha value is -2.11. The largest absolute Gasteiger partial charge is 0.481 e. The van der Waals surface area contributed by atoms with Gasteiger partial charge >= 0.3 is 5.97 Å². The van der Waals surface area contributed by atoms with Crippen molar-refractivity contribution in [3.63, 3.8) is 0 Å². The van der Waals surface area contributed by atoms with Crippen molar-refractivity contribution in [1.29, 1.82) is 0 Å². The van der Waals surface area contributed by atoms with Crippen LogP contribution in [0.25, 0.3) is 0 Å². The summed E-state index contributed by atoms with van der Waals surface area (Å²) in [6.07, 6.45) is 4.41. The molecule has 3 unspecified atom stereocenters. The van der Waals surface area contributed by atoms with Gasteiger partial charge in [0.15, 0.2) is 0 Å². The summed E-state index contributed by atoms with van der Waals surface area (Å²) in [5.41, 5.74) is 0.405. The molecule has 0 bridgehead atoms. The molecule has 6 heteroatoms. The Kier molecular flexibility index (Phi) is 3.53. The molecule has 3 atom stereocenters. The number of nitrogens with zero attached hydrogens (tertiary/aromatic N) is 2. The van der Waals surface area contributed by atoms with E-state index in [1.807, 2.05) is 0 Å². The smallest absolute Gasteiger partial charge is 0.326 e. The summed E-state index contributed by atoms with van der Waals surface area (Å²) < 4.78 is 4.96. The van der Waals surface area contributed by atoms with Crippen LogP contribution >= 0.6 is 0 Å². The molecule has 3 rings (SSSR count). The van der Waals surface area contributed by atoms with Crippen LogP contribution in [-0.4, -0.2) is 46.6 Å². The van der Waals surface area contributed by atoms with Gasteiger partial charge in [0.2, 0.25) is 5.88 Å². The molecular weight excluding hydrogens is 272 g/mol. The van der Waals surface area contributed by atoms with Crippen molar-refractivity contribution in [3.8, 4) is 5.88 Å². The molecule has 1 aromatic rings. The predicted octanol–water partition coefficient (Wildman–Crippen LogP) is 1.42. The van der Waals surface area contributed by atoms with Gasteiger partial charge in [-0.25, -0.2) is 9.78 Å². The third-order valence-corrected chi connectivity index (χ3v) is 4.60. The Morgan fingerprint density at radius 1 is 1.38 bits per heavy atom. The second kappa shape index (κ2) is 5.35. The number of hydrogen-bond donors (Lipinski definition) is 1. The van der Waals surface area contributed by atoms with Gasteiger partial charge in [-0.2, -0.15) is 0 Å². The molecule has 1 aliphatic heterocycles. The number of carboxylic acid groups (broad SMARTS) is 1. The number of rotatable bonds is 3. The van der Waals surface area contributed by atoms with Crippen LogP contribution in [0.5, 0.6) is 5.88 Å². The standard InChI is InChI=1S/C15H18N2O4/c1-21-12-6-5-9(7-16-12)14(18)17-8-10-3-2-4-11(10)13(17)15(19)20/h5-7,10-11,13H,2-4,8H2,1H3,(H,19,20). The van der Waals surface area contributed by atoms with E-state index in [4.69, 9.17) is 4.74 Å². The van der Waals surface area contributed by atoms with Crippen molar-refractivity contribution in [2.75, 3.05) is 13.7 Å². The van der Waals surface area contributed by atoms with Gasteiger partial charge in [0.25, 0.3) is 5.91 Å². The molecular formula is C15H18N2O4. The second-order valence-electron chi connectivity index (χ2n) is 5.68. The van der Waals surface area contributed by atoms with Crippen molar-refractivity contribution in [1.82, 2.24) is 9.88 Å². The summed E-state index contributed by atoms with van der Waals surface area (Å²) in [5, 5.41) is 9.48. The van der Waals surface area contributed by atoms with Crippen LogP contribution in [0.1, 0.15) is 29.6 Å². The lowest BCUT2D eigenvalue weighted by molar-refractivity contribution is -0.142. The molecule has 2 fully saturated rings. The third kappa shape index (κ3) is 2.34. The lowest BCUT2D eigenvalue weighted by atomic mass is 9.94. The summed E-state index contributed by atoms with van der Waals surface area (Å²) in [6.45, 7) is 0.534. The molecule has 1 aromatic heterocycles. The van der Waals surface area contributed by atoms with E-state index in [9.17, 15) is 14.7 Å². The Morgan fingerprint density at radius 3 is 2.81 bits per heavy atom. The quantitative estimate of drug-likeness (QED) is 0.910. The highest BCUT2D eigenvalue weighted by Gasteiger charge is 2.49. The minimum atomic E-state index is -0.903. The molecule has 1 N–H and O–H groups in total. The van der Waals surface area contributed by atoms with Gasteiger partial charge in [-0.3, -0.25) is 4.79 Å². The van der Waals surface area contributed by atoms with Crippen molar-refractivity contribution in [3.05, 3.63) is 23.9 Å². The molecule has 1 saturated heterocycles. The van der Waals surface area contributed by atoms with Crippen molar-refractivity contribution in [2.45, 2.75) is 25.3 Å². The molecule has 21 heavy (non-hydrogen) atoms. The van der Waals surface area contributed by atoms with E-state index in [0.717, 1.165) is 19.3 Å². The Morgan fingerprint density at radius 2 is 2.19 bits per heavy atom. The number of hydrogen-bond acceptors (Lipinski definition) is 4. The fraction of sp³-hybridized carbons (Fsp3) is 0.533. The Bertz CT molecular complexity index is 557. The molecule has 6 nitrogen and oxygen atoms in total. The predicted molar refractivity (Wildman–Crippen MR) is 74.1 cm³/mol. The van der Waals surface area contributed by atoms with Crippen LogP contribution in [0.4, 0.5) is 0 Å². The molecule has 0 spiro atoms. The normalized spacial score (nSPS) is 27.5.